The number of rotatable bonds is 4. The molecule has 1 fully saturated rings. The molecule has 2 nitrogen and oxygen atoms in total. The molecule has 0 aromatic rings. The third-order valence-electron chi connectivity index (χ3n) is 3.65. The Morgan fingerprint density at radius 2 is 1.93 bits per heavy atom. The van der Waals surface area contributed by atoms with Gasteiger partial charge >= 0.3 is 0 Å². The van der Waals surface area contributed by atoms with Crippen LogP contribution in [0.15, 0.2) is 0 Å². The second-order valence-electron chi connectivity index (χ2n) is 5.62. The van der Waals surface area contributed by atoms with Crippen LogP contribution in [0.3, 0.4) is 0 Å². The van der Waals surface area contributed by atoms with Crippen LogP contribution < -0.4 is 5.32 Å². The van der Waals surface area contributed by atoms with Crippen molar-refractivity contribution in [1.82, 2.24) is 5.32 Å². The second kappa shape index (κ2) is 3.92. The van der Waals surface area contributed by atoms with Gasteiger partial charge in [0.25, 0.3) is 0 Å². The highest BCUT2D eigenvalue weighted by atomic mass is 16.1. The fourth-order valence-corrected chi connectivity index (χ4v) is 2.22. The largest absolute Gasteiger partial charge is 0.356 e. The molecule has 0 heterocycles. The molecule has 0 aliphatic heterocycles. The number of amides is 1. The molecule has 0 bridgehead atoms. The lowest BCUT2D eigenvalue weighted by Gasteiger charge is -2.31. The second-order valence-corrected chi connectivity index (χ2v) is 5.62. The van der Waals surface area contributed by atoms with Crippen molar-refractivity contribution in [1.29, 1.82) is 0 Å². The van der Waals surface area contributed by atoms with Crippen LogP contribution in [-0.4, -0.2) is 12.5 Å². The lowest BCUT2D eigenvalue weighted by atomic mass is 9.75. The normalized spacial score (nSPS) is 19.1. The smallest absolute Gasteiger partial charge is 0.216 e. The highest BCUT2D eigenvalue weighted by molar-refractivity contribution is 5.72. The summed E-state index contributed by atoms with van der Waals surface area (Å²) in [7, 11) is 0. The average molecular weight is 197 g/mol. The quantitative estimate of drug-likeness (QED) is 0.690. The molecule has 1 N–H and O–H groups in total. The number of nitrogens with one attached hydrogen (secondary N) is 1. The van der Waals surface area contributed by atoms with Gasteiger partial charge < -0.3 is 5.32 Å². The summed E-state index contributed by atoms with van der Waals surface area (Å²) < 4.78 is 0. The Morgan fingerprint density at radius 1 is 1.36 bits per heavy atom. The van der Waals surface area contributed by atoms with Crippen molar-refractivity contribution in [3.63, 3.8) is 0 Å². The summed E-state index contributed by atoms with van der Waals surface area (Å²) in [5, 5.41) is 2.86. The summed E-state index contributed by atoms with van der Waals surface area (Å²) in [5.41, 5.74) is 1.01. The lowest BCUT2D eigenvalue weighted by molar-refractivity contribution is -0.118. The van der Waals surface area contributed by atoms with Crippen molar-refractivity contribution in [2.75, 3.05) is 6.54 Å². The molecule has 1 saturated carbocycles. The molecule has 1 aliphatic carbocycles. The molecule has 82 valence electrons. The van der Waals surface area contributed by atoms with Gasteiger partial charge in [0.05, 0.1) is 0 Å². The van der Waals surface area contributed by atoms with Gasteiger partial charge in [-0.05, 0) is 36.5 Å². The SMILES string of the molecule is CC(=O)NCCCC1(C(C)(C)C)CC1. The van der Waals surface area contributed by atoms with Crippen molar-refractivity contribution < 1.29 is 4.79 Å². The maximum Gasteiger partial charge on any atom is 0.216 e. The zero-order valence-electron chi connectivity index (χ0n) is 9.94. The van der Waals surface area contributed by atoms with Gasteiger partial charge in [-0.2, -0.15) is 0 Å². The summed E-state index contributed by atoms with van der Waals surface area (Å²) in [6.45, 7) is 9.42. The summed E-state index contributed by atoms with van der Waals surface area (Å²) in [6.07, 6.45) is 5.13. The van der Waals surface area contributed by atoms with Crippen LogP contribution in [0.2, 0.25) is 0 Å². The molecule has 0 radical (unpaired) electrons. The Bertz CT molecular complexity index is 211. The Labute approximate surface area is 87.5 Å². The zero-order valence-corrected chi connectivity index (χ0v) is 9.94. The van der Waals surface area contributed by atoms with E-state index in [4.69, 9.17) is 0 Å². The highest BCUT2D eigenvalue weighted by Crippen LogP contribution is 2.61. The van der Waals surface area contributed by atoms with Crippen molar-refractivity contribution >= 4 is 5.91 Å². The van der Waals surface area contributed by atoms with Crippen molar-refractivity contribution in [2.24, 2.45) is 10.8 Å². The van der Waals surface area contributed by atoms with Crippen LogP contribution >= 0.6 is 0 Å². The maximum atomic E-state index is 10.7. The van der Waals surface area contributed by atoms with Crippen LogP contribution in [0.1, 0.15) is 53.4 Å². The molecule has 0 unspecified atom stereocenters. The first-order chi connectivity index (χ1) is 6.37. The van der Waals surface area contributed by atoms with Gasteiger partial charge in [0.15, 0.2) is 0 Å². The first kappa shape index (κ1) is 11.5. The molecule has 1 rings (SSSR count). The predicted molar refractivity (Wildman–Crippen MR) is 59.0 cm³/mol. The van der Waals surface area contributed by atoms with Crippen LogP contribution in [0.5, 0.6) is 0 Å². The summed E-state index contributed by atoms with van der Waals surface area (Å²) >= 11 is 0. The minimum Gasteiger partial charge on any atom is -0.356 e. The Hall–Kier alpha value is -0.530. The van der Waals surface area contributed by atoms with Gasteiger partial charge in [-0.15, -0.1) is 0 Å². The van der Waals surface area contributed by atoms with Gasteiger partial charge in [0.2, 0.25) is 5.91 Å². The summed E-state index contributed by atoms with van der Waals surface area (Å²) in [5.74, 6) is 0.0885. The van der Waals surface area contributed by atoms with E-state index in [1.165, 1.54) is 19.3 Å². The van der Waals surface area contributed by atoms with Gasteiger partial charge in [0.1, 0.15) is 0 Å². The Balaban J connectivity index is 2.22. The molecule has 2 heteroatoms. The highest BCUT2D eigenvalue weighted by Gasteiger charge is 2.50. The molecule has 0 aromatic heterocycles. The van der Waals surface area contributed by atoms with Gasteiger partial charge in [-0.25, -0.2) is 0 Å². The van der Waals surface area contributed by atoms with E-state index in [-0.39, 0.29) is 5.91 Å². The fourth-order valence-electron chi connectivity index (χ4n) is 2.22. The predicted octanol–water partition coefficient (Wildman–Crippen LogP) is 2.73. The lowest BCUT2D eigenvalue weighted by Crippen LogP contribution is -2.25. The minimum atomic E-state index is 0.0885. The standard InChI is InChI=1S/C12H23NO/c1-10(14)13-9-5-6-12(7-8-12)11(2,3)4/h5-9H2,1-4H3,(H,13,14). The molecule has 1 aliphatic rings. The van der Waals surface area contributed by atoms with E-state index in [0.29, 0.717) is 10.8 Å². The molecule has 0 aromatic carbocycles. The van der Waals surface area contributed by atoms with E-state index in [0.717, 1.165) is 13.0 Å². The molecular weight excluding hydrogens is 174 g/mol. The number of hydrogen-bond donors (Lipinski definition) is 1. The van der Waals surface area contributed by atoms with Gasteiger partial charge in [-0.1, -0.05) is 20.8 Å². The Morgan fingerprint density at radius 3 is 2.29 bits per heavy atom. The molecule has 1 amide bonds. The molecule has 0 spiro atoms. The topological polar surface area (TPSA) is 29.1 Å². The van der Waals surface area contributed by atoms with Crippen LogP contribution in [0, 0.1) is 10.8 Å². The van der Waals surface area contributed by atoms with E-state index >= 15 is 0 Å². The zero-order chi connectivity index (χ0) is 10.8. The average Bonchev–Trinajstić information content (AvgIpc) is 2.77. The first-order valence-corrected chi connectivity index (χ1v) is 5.62. The van der Waals surface area contributed by atoms with E-state index in [1.54, 1.807) is 6.92 Å². The number of carbonyl (C=O) groups is 1. The molecular formula is C12H23NO. The number of hydrogen-bond acceptors (Lipinski definition) is 1. The fraction of sp³-hybridized carbons (Fsp3) is 0.917. The van der Waals surface area contributed by atoms with Crippen LogP contribution in [0.25, 0.3) is 0 Å². The van der Waals surface area contributed by atoms with Gasteiger partial charge in [-0.3, -0.25) is 4.79 Å². The van der Waals surface area contributed by atoms with E-state index in [9.17, 15) is 4.79 Å². The molecule has 0 atom stereocenters. The van der Waals surface area contributed by atoms with E-state index in [1.807, 2.05) is 0 Å². The van der Waals surface area contributed by atoms with E-state index in [2.05, 4.69) is 26.1 Å². The third-order valence-corrected chi connectivity index (χ3v) is 3.65. The Kier molecular flexibility index (Phi) is 3.23. The van der Waals surface area contributed by atoms with Crippen LogP contribution in [0.4, 0.5) is 0 Å². The van der Waals surface area contributed by atoms with Gasteiger partial charge in [0, 0.05) is 13.5 Å². The monoisotopic (exact) mass is 197 g/mol. The van der Waals surface area contributed by atoms with Crippen LogP contribution in [-0.2, 0) is 4.79 Å². The first-order valence-electron chi connectivity index (χ1n) is 5.62. The maximum absolute atomic E-state index is 10.7. The third kappa shape index (κ3) is 2.73. The summed E-state index contributed by atoms with van der Waals surface area (Å²) in [6, 6.07) is 0. The minimum absolute atomic E-state index is 0.0885. The van der Waals surface area contributed by atoms with E-state index < -0.39 is 0 Å². The van der Waals surface area contributed by atoms with Crippen molar-refractivity contribution in [2.45, 2.75) is 53.4 Å². The summed E-state index contributed by atoms with van der Waals surface area (Å²) in [4.78, 5) is 10.7. The molecule has 0 saturated heterocycles. The van der Waals surface area contributed by atoms with Crippen molar-refractivity contribution in [3.05, 3.63) is 0 Å². The molecule has 14 heavy (non-hydrogen) atoms. The van der Waals surface area contributed by atoms with Crippen molar-refractivity contribution in [3.8, 4) is 0 Å². The number of carbonyl (C=O) groups excluding carboxylic acids is 1.